The number of hydrogen-bond acceptors (Lipinski definition) is 6. The summed E-state index contributed by atoms with van der Waals surface area (Å²) in [5.74, 6) is -0.280. The van der Waals surface area contributed by atoms with Crippen LogP contribution < -0.4 is 16.8 Å². The smallest absolute Gasteiger partial charge is 0.393 e. The summed E-state index contributed by atoms with van der Waals surface area (Å²) in [6.45, 7) is 6.39. The fourth-order valence-corrected chi connectivity index (χ4v) is 3.87. The second-order valence-electron chi connectivity index (χ2n) is 4.15. The molecule has 0 spiro atoms. The Morgan fingerprint density at radius 1 is 1.00 bits per heavy atom. The summed E-state index contributed by atoms with van der Waals surface area (Å²) in [5, 5.41) is 3.11. The van der Waals surface area contributed by atoms with Gasteiger partial charge in [0.15, 0.2) is 0 Å². The van der Waals surface area contributed by atoms with Gasteiger partial charge < -0.3 is 30.1 Å². The predicted octanol–water partition coefficient (Wildman–Crippen LogP) is 1.06. The summed E-state index contributed by atoms with van der Waals surface area (Å²) in [7, 11) is 2.05. The van der Waals surface area contributed by atoms with Crippen molar-refractivity contribution < 1.29 is 13.3 Å². The van der Waals surface area contributed by atoms with Crippen molar-refractivity contribution in [1.82, 2.24) is 5.32 Å². The molecule has 0 amide bonds. The highest BCUT2D eigenvalue weighted by Crippen LogP contribution is 2.19. The normalized spacial score (nSPS) is 11.0. The van der Waals surface area contributed by atoms with Crippen LogP contribution in [0.15, 0.2) is 0 Å². The molecule has 0 aromatic carbocycles. The van der Waals surface area contributed by atoms with Gasteiger partial charge in [-0.2, -0.15) is 0 Å². The lowest BCUT2D eigenvalue weighted by molar-refractivity contribution is 0.122. The molecule has 0 heterocycles. The summed E-state index contributed by atoms with van der Waals surface area (Å²) in [6, 6.07) is 0.565. The Bertz CT molecular complexity index is 281. The molecule has 0 fully saturated rings. The molecule has 0 aliphatic carbocycles. The van der Waals surface area contributed by atoms with Gasteiger partial charge in [-0.25, -0.2) is 0 Å². The number of hydrogen-bond donors (Lipinski definition) is 3. The van der Waals surface area contributed by atoms with Crippen LogP contribution in [-0.2, 0) is 13.3 Å². The third-order valence-electron chi connectivity index (χ3n) is 2.86. The molecule has 0 bridgehead atoms. The Kier molecular flexibility index (Phi) is 14.9. The van der Waals surface area contributed by atoms with Gasteiger partial charge in [0, 0.05) is 27.4 Å². The second-order valence-corrected chi connectivity index (χ2v) is 8.18. The molecule has 21 heavy (non-hydrogen) atoms. The molecule has 0 atom stereocenters. The molecule has 0 aromatic rings. The highest BCUT2D eigenvalue weighted by atomic mass is 32.1. The van der Waals surface area contributed by atoms with Crippen LogP contribution in [0.5, 0.6) is 0 Å². The maximum Gasteiger partial charge on any atom is 0.500 e. The highest BCUT2D eigenvalue weighted by molar-refractivity contribution is 7.82. The maximum atomic E-state index is 5.55. The van der Waals surface area contributed by atoms with Gasteiger partial charge in [-0.1, -0.05) is 38.3 Å². The molecule has 5 N–H and O–H groups in total. The molecular formula is C12H29N3O3S2Si. The Morgan fingerprint density at radius 2 is 1.38 bits per heavy atom. The minimum atomic E-state index is -2.60. The molecule has 0 aliphatic rings. The van der Waals surface area contributed by atoms with E-state index in [0.29, 0.717) is 22.4 Å². The number of nitrogens with two attached hydrogens (primary N) is 2. The van der Waals surface area contributed by atoms with E-state index in [1.54, 1.807) is 21.3 Å². The summed E-state index contributed by atoms with van der Waals surface area (Å²) in [5.41, 5.74) is 11.1. The Morgan fingerprint density at radius 3 is 1.57 bits per heavy atom. The Balaban J connectivity index is 0. The van der Waals surface area contributed by atoms with Gasteiger partial charge in [-0.15, -0.1) is 0 Å². The van der Waals surface area contributed by atoms with E-state index in [4.69, 9.17) is 49.2 Å². The van der Waals surface area contributed by atoms with Crippen molar-refractivity contribution in [2.24, 2.45) is 17.4 Å². The lowest BCUT2D eigenvalue weighted by Gasteiger charge is -2.25. The van der Waals surface area contributed by atoms with Crippen molar-refractivity contribution in [3.05, 3.63) is 0 Å². The van der Waals surface area contributed by atoms with Gasteiger partial charge in [0.2, 0.25) is 0 Å². The van der Waals surface area contributed by atoms with E-state index in [0.717, 1.165) is 13.1 Å². The van der Waals surface area contributed by atoms with E-state index in [1.807, 2.05) is 0 Å². The Labute approximate surface area is 140 Å². The Hall–Kier alpha value is -0.163. The average Bonchev–Trinajstić information content (AvgIpc) is 2.45. The van der Waals surface area contributed by atoms with Crippen molar-refractivity contribution in [3.63, 3.8) is 0 Å². The van der Waals surface area contributed by atoms with Crippen LogP contribution in [0, 0.1) is 5.92 Å². The summed E-state index contributed by atoms with van der Waals surface area (Å²) in [4.78, 5) is 0.581. The van der Waals surface area contributed by atoms with Gasteiger partial charge in [0.05, 0.1) is 15.9 Å². The fraction of sp³-hybridized carbons (Fsp3) is 0.833. The first-order valence-corrected chi connectivity index (χ1v) is 9.53. The molecule has 0 rings (SSSR count). The van der Waals surface area contributed by atoms with E-state index in [1.165, 1.54) is 0 Å². The van der Waals surface area contributed by atoms with Crippen LogP contribution in [0.2, 0.25) is 6.04 Å². The molecule has 126 valence electrons. The lowest BCUT2D eigenvalue weighted by Crippen LogP contribution is -2.44. The summed E-state index contributed by atoms with van der Waals surface area (Å²) < 4.78 is 15.8. The molecule has 0 aromatic heterocycles. The first kappa shape index (κ1) is 23.1. The minimum absolute atomic E-state index is 0.280. The van der Waals surface area contributed by atoms with Gasteiger partial charge in [0.1, 0.15) is 0 Å². The van der Waals surface area contributed by atoms with Gasteiger partial charge >= 0.3 is 8.80 Å². The second kappa shape index (κ2) is 13.5. The van der Waals surface area contributed by atoms with Crippen LogP contribution in [0.4, 0.5) is 0 Å². The topological polar surface area (TPSA) is 91.8 Å². The quantitative estimate of drug-likeness (QED) is 0.396. The molecule has 6 nitrogen and oxygen atoms in total. The van der Waals surface area contributed by atoms with E-state index in [-0.39, 0.29) is 5.92 Å². The largest absolute Gasteiger partial charge is 0.500 e. The SMILES string of the molecule is CCNCC.CO[Si](CCC(C(N)=S)C(N)=S)(OC)OC. The van der Waals surface area contributed by atoms with Gasteiger partial charge in [-0.3, -0.25) is 0 Å². The summed E-state index contributed by atoms with van der Waals surface area (Å²) >= 11 is 9.79. The monoisotopic (exact) mass is 355 g/mol. The molecular weight excluding hydrogens is 326 g/mol. The first-order chi connectivity index (χ1) is 9.83. The molecule has 0 aliphatic heterocycles. The number of rotatable bonds is 10. The molecule has 0 saturated heterocycles. The number of thiocarbonyl (C=S) groups is 2. The average molecular weight is 356 g/mol. The van der Waals surface area contributed by atoms with Crippen LogP contribution >= 0.6 is 24.4 Å². The van der Waals surface area contributed by atoms with E-state index < -0.39 is 8.80 Å². The standard InChI is InChI=1S/C8H18N2O3S2Si.C4H11N/c1-11-16(12-2,13-3)5-4-6(7(9)14)8(10)15;1-3-5-4-2/h6H,4-5H2,1-3H3,(H2,9,14)(H2,10,15);5H,3-4H2,1-2H3. The van der Waals surface area contributed by atoms with Gasteiger partial charge in [-0.05, 0) is 19.5 Å². The minimum Gasteiger partial charge on any atom is -0.393 e. The first-order valence-electron chi connectivity index (χ1n) is 6.78. The van der Waals surface area contributed by atoms with Crippen LogP contribution in [0.1, 0.15) is 20.3 Å². The van der Waals surface area contributed by atoms with Crippen molar-refractivity contribution in [2.45, 2.75) is 26.3 Å². The van der Waals surface area contributed by atoms with Crippen molar-refractivity contribution in [3.8, 4) is 0 Å². The molecule has 9 heteroatoms. The van der Waals surface area contributed by atoms with Gasteiger partial charge in [0.25, 0.3) is 0 Å². The van der Waals surface area contributed by atoms with Crippen molar-refractivity contribution in [1.29, 1.82) is 0 Å². The zero-order valence-electron chi connectivity index (χ0n) is 13.6. The molecule has 0 saturated carbocycles. The zero-order valence-corrected chi connectivity index (χ0v) is 16.2. The van der Waals surface area contributed by atoms with Crippen molar-refractivity contribution in [2.75, 3.05) is 34.4 Å². The van der Waals surface area contributed by atoms with E-state index in [9.17, 15) is 0 Å². The fourth-order valence-electron chi connectivity index (χ4n) is 1.55. The van der Waals surface area contributed by atoms with Crippen LogP contribution in [-0.4, -0.2) is 53.2 Å². The van der Waals surface area contributed by atoms with Crippen LogP contribution in [0.3, 0.4) is 0 Å². The zero-order chi connectivity index (χ0) is 16.9. The van der Waals surface area contributed by atoms with Crippen LogP contribution in [0.25, 0.3) is 0 Å². The predicted molar refractivity (Wildman–Crippen MR) is 97.5 cm³/mol. The third-order valence-corrected chi connectivity index (χ3v) is 6.20. The van der Waals surface area contributed by atoms with E-state index >= 15 is 0 Å². The third kappa shape index (κ3) is 10.2. The maximum absolute atomic E-state index is 5.55. The summed E-state index contributed by atoms with van der Waals surface area (Å²) in [6.07, 6.45) is 0.576. The highest BCUT2D eigenvalue weighted by Gasteiger charge is 2.38. The molecule has 0 unspecified atom stereocenters. The lowest BCUT2D eigenvalue weighted by atomic mass is 10.1. The molecule has 0 radical (unpaired) electrons. The van der Waals surface area contributed by atoms with Crippen molar-refractivity contribution >= 4 is 43.2 Å². The number of nitrogens with one attached hydrogen (secondary N) is 1. The van der Waals surface area contributed by atoms with E-state index in [2.05, 4.69) is 19.2 Å².